The van der Waals surface area contributed by atoms with E-state index < -0.39 is 16.1 Å². The van der Waals surface area contributed by atoms with Gasteiger partial charge in [0.1, 0.15) is 0 Å². The first-order valence-corrected chi connectivity index (χ1v) is 7.50. The zero-order chi connectivity index (χ0) is 13.9. The van der Waals surface area contributed by atoms with Crippen molar-refractivity contribution in [2.45, 2.75) is 31.0 Å². The summed E-state index contributed by atoms with van der Waals surface area (Å²) in [6.07, 6.45) is 1.28. The van der Waals surface area contributed by atoms with E-state index in [2.05, 4.69) is 14.9 Å². The number of sulfonamides is 1. The van der Waals surface area contributed by atoms with Crippen LogP contribution in [0.15, 0.2) is 15.6 Å². The van der Waals surface area contributed by atoms with Crippen molar-refractivity contribution in [3.63, 3.8) is 0 Å². The predicted octanol–water partition coefficient (Wildman–Crippen LogP) is 0.501. The van der Waals surface area contributed by atoms with Crippen LogP contribution in [0.4, 0.5) is 0 Å². The summed E-state index contributed by atoms with van der Waals surface area (Å²) in [4.78, 5) is 3.89. The third kappa shape index (κ3) is 3.40. The molecule has 1 aromatic heterocycles. The fourth-order valence-corrected chi connectivity index (χ4v) is 3.77. The monoisotopic (exact) mass is 292 g/mol. The summed E-state index contributed by atoms with van der Waals surface area (Å²) < 4.78 is 26.6. The number of oxime groups is 1. The summed E-state index contributed by atoms with van der Waals surface area (Å²) in [5, 5.41) is 12.1. The Hall–Kier alpha value is -1.19. The molecule has 0 aliphatic carbocycles. The molecule has 1 heterocycles. The van der Waals surface area contributed by atoms with E-state index in [1.54, 1.807) is 20.8 Å². The SMILES string of the molecule is Cc1ncc(S(=O)(=O)NC(C(N)=NO)C(C)C)s1. The average Bonchev–Trinajstić information content (AvgIpc) is 2.72. The van der Waals surface area contributed by atoms with Crippen LogP contribution >= 0.6 is 11.3 Å². The Morgan fingerprint density at radius 3 is 2.61 bits per heavy atom. The lowest BCUT2D eigenvalue weighted by molar-refractivity contribution is 0.313. The van der Waals surface area contributed by atoms with Crippen LogP contribution in [0.5, 0.6) is 0 Å². The summed E-state index contributed by atoms with van der Waals surface area (Å²) in [5.41, 5.74) is 5.47. The number of nitrogens with two attached hydrogens (primary N) is 1. The van der Waals surface area contributed by atoms with Crippen LogP contribution in [-0.4, -0.2) is 30.5 Å². The minimum atomic E-state index is -3.70. The van der Waals surface area contributed by atoms with Crippen LogP contribution in [0.3, 0.4) is 0 Å². The van der Waals surface area contributed by atoms with Gasteiger partial charge in [0.25, 0.3) is 10.0 Å². The Bertz CT molecular complexity index is 536. The van der Waals surface area contributed by atoms with Crippen LogP contribution in [0.25, 0.3) is 0 Å². The molecule has 0 spiro atoms. The zero-order valence-electron chi connectivity index (χ0n) is 10.3. The summed E-state index contributed by atoms with van der Waals surface area (Å²) >= 11 is 1.06. The Morgan fingerprint density at radius 2 is 2.22 bits per heavy atom. The molecule has 1 atom stereocenters. The first kappa shape index (κ1) is 14.9. The Balaban J connectivity index is 3.00. The third-order valence-corrected chi connectivity index (χ3v) is 5.06. The fraction of sp³-hybridized carbons (Fsp3) is 0.556. The standard InChI is InChI=1S/C9H16N4O3S2/c1-5(2)8(9(10)12-14)13-18(15,16)7-4-11-6(3)17-7/h4-5,8,13-14H,1-3H3,(H2,10,12). The molecule has 18 heavy (non-hydrogen) atoms. The second kappa shape index (κ2) is 5.63. The zero-order valence-corrected chi connectivity index (χ0v) is 11.9. The number of rotatable bonds is 5. The molecule has 0 saturated carbocycles. The largest absolute Gasteiger partial charge is 0.409 e. The van der Waals surface area contributed by atoms with Crippen LogP contribution < -0.4 is 10.5 Å². The van der Waals surface area contributed by atoms with Crippen molar-refractivity contribution < 1.29 is 13.6 Å². The highest BCUT2D eigenvalue weighted by Crippen LogP contribution is 2.18. The van der Waals surface area contributed by atoms with Crippen LogP contribution in [0.2, 0.25) is 0 Å². The molecule has 9 heteroatoms. The van der Waals surface area contributed by atoms with Crippen molar-refractivity contribution in [3.05, 3.63) is 11.2 Å². The molecule has 1 unspecified atom stereocenters. The van der Waals surface area contributed by atoms with Gasteiger partial charge >= 0.3 is 0 Å². The summed E-state index contributed by atoms with van der Waals surface area (Å²) in [6, 6.07) is -0.762. The molecule has 0 saturated heterocycles. The first-order valence-electron chi connectivity index (χ1n) is 5.20. The molecule has 7 nitrogen and oxygen atoms in total. The van der Waals surface area contributed by atoms with Crippen molar-refractivity contribution in [2.24, 2.45) is 16.8 Å². The maximum atomic E-state index is 12.0. The molecule has 0 aliphatic heterocycles. The minimum absolute atomic E-state index is 0.108. The highest BCUT2D eigenvalue weighted by atomic mass is 32.2. The molecule has 0 aromatic carbocycles. The van der Waals surface area contributed by atoms with Gasteiger partial charge in [-0.2, -0.15) is 4.72 Å². The molecular weight excluding hydrogens is 276 g/mol. The van der Waals surface area contributed by atoms with E-state index in [-0.39, 0.29) is 16.0 Å². The highest BCUT2D eigenvalue weighted by Gasteiger charge is 2.27. The van der Waals surface area contributed by atoms with E-state index in [1.807, 2.05) is 0 Å². The molecule has 0 radical (unpaired) electrons. The van der Waals surface area contributed by atoms with Crippen molar-refractivity contribution in [3.8, 4) is 0 Å². The van der Waals surface area contributed by atoms with Gasteiger partial charge in [-0.05, 0) is 12.8 Å². The second-order valence-corrected chi connectivity index (χ2v) is 7.24. The summed E-state index contributed by atoms with van der Waals surface area (Å²) in [5.74, 6) is -0.320. The van der Waals surface area contributed by atoms with Crippen molar-refractivity contribution in [1.82, 2.24) is 9.71 Å². The quantitative estimate of drug-likeness (QED) is 0.316. The van der Waals surface area contributed by atoms with Gasteiger partial charge in [0.15, 0.2) is 10.0 Å². The van der Waals surface area contributed by atoms with Gasteiger partial charge in [-0.15, -0.1) is 11.3 Å². The fourth-order valence-electron chi connectivity index (χ4n) is 1.29. The predicted molar refractivity (Wildman–Crippen MR) is 69.2 cm³/mol. The van der Waals surface area contributed by atoms with Gasteiger partial charge in [0.05, 0.1) is 17.2 Å². The maximum absolute atomic E-state index is 12.0. The van der Waals surface area contributed by atoms with Crippen LogP contribution in [-0.2, 0) is 10.0 Å². The number of amidine groups is 1. The van der Waals surface area contributed by atoms with Crippen molar-refractivity contribution in [1.29, 1.82) is 0 Å². The second-order valence-electron chi connectivity index (χ2n) is 4.07. The Labute approximate surface area is 110 Å². The van der Waals surface area contributed by atoms with Gasteiger partial charge in [0.2, 0.25) is 0 Å². The van der Waals surface area contributed by atoms with E-state index in [0.717, 1.165) is 11.3 Å². The lowest BCUT2D eigenvalue weighted by Gasteiger charge is -2.20. The van der Waals surface area contributed by atoms with E-state index in [9.17, 15) is 8.42 Å². The van der Waals surface area contributed by atoms with E-state index in [1.165, 1.54) is 6.20 Å². The molecular formula is C9H16N4O3S2. The molecule has 0 amide bonds. The molecule has 0 bridgehead atoms. The van der Waals surface area contributed by atoms with E-state index in [0.29, 0.717) is 5.01 Å². The smallest absolute Gasteiger partial charge is 0.252 e. The number of hydrogen-bond donors (Lipinski definition) is 3. The summed E-state index contributed by atoms with van der Waals surface area (Å²) in [7, 11) is -3.70. The number of aryl methyl sites for hydroxylation is 1. The normalized spacial score (nSPS) is 15.0. The third-order valence-electron chi connectivity index (χ3n) is 2.25. The number of nitrogens with zero attached hydrogens (tertiary/aromatic N) is 2. The van der Waals surface area contributed by atoms with Crippen molar-refractivity contribution in [2.75, 3.05) is 0 Å². The van der Waals surface area contributed by atoms with Crippen LogP contribution in [0, 0.1) is 12.8 Å². The molecule has 1 aromatic rings. The van der Waals surface area contributed by atoms with E-state index >= 15 is 0 Å². The van der Waals surface area contributed by atoms with Crippen molar-refractivity contribution >= 4 is 27.2 Å². The maximum Gasteiger partial charge on any atom is 0.252 e. The topological polar surface area (TPSA) is 118 Å². The van der Waals surface area contributed by atoms with Gasteiger partial charge in [-0.1, -0.05) is 19.0 Å². The lowest BCUT2D eigenvalue weighted by Crippen LogP contribution is -2.47. The summed E-state index contributed by atoms with van der Waals surface area (Å²) in [6.45, 7) is 5.25. The Morgan fingerprint density at radius 1 is 1.61 bits per heavy atom. The highest BCUT2D eigenvalue weighted by molar-refractivity contribution is 7.91. The lowest BCUT2D eigenvalue weighted by atomic mass is 10.1. The number of thiazole rings is 1. The van der Waals surface area contributed by atoms with Crippen LogP contribution in [0.1, 0.15) is 18.9 Å². The molecule has 0 fully saturated rings. The number of aromatic nitrogens is 1. The van der Waals surface area contributed by atoms with E-state index in [4.69, 9.17) is 10.9 Å². The van der Waals surface area contributed by atoms with Gasteiger partial charge in [0, 0.05) is 0 Å². The van der Waals surface area contributed by atoms with Gasteiger partial charge in [-0.3, -0.25) is 0 Å². The molecule has 4 N–H and O–H groups in total. The van der Waals surface area contributed by atoms with Gasteiger partial charge < -0.3 is 10.9 Å². The van der Waals surface area contributed by atoms with Gasteiger partial charge in [-0.25, -0.2) is 13.4 Å². The minimum Gasteiger partial charge on any atom is -0.409 e. The average molecular weight is 292 g/mol. The number of nitrogens with one attached hydrogen (secondary N) is 1. The molecule has 1 rings (SSSR count). The molecule has 102 valence electrons. The Kier molecular flexibility index (Phi) is 4.65. The number of hydrogen-bond acceptors (Lipinski definition) is 6. The molecule has 0 aliphatic rings. The first-order chi connectivity index (χ1) is 8.27.